The molecule has 3 N–H and O–H groups in total. The third-order valence-electron chi connectivity index (χ3n) is 3.22. The van der Waals surface area contributed by atoms with Crippen molar-refractivity contribution < 1.29 is 14.7 Å². The molecule has 0 unspecified atom stereocenters. The fraction of sp³-hybridized carbons (Fsp3) is 0.846. The highest BCUT2D eigenvalue weighted by atomic mass is 16.4. The van der Waals surface area contributed by atoms with Gasteiger partial charge in [0.15, 0.2) is 0 Å². The van der Waals surface area contributed by atoms with Crippen LogP contribution in [0.15, 0.2) is 0 Å². The van der Waals surface area contributed by atoms with E-state index in [2.05, 4.69) is 10.6 Å². The molecule has 1 saturated carbocycles. The van der Waals surface area contributed by atoms with Gasteiger partial charge in [0.2, 0.25) is 0 Å². The molecule has 5 heteroatoms. The zero-order valence-electron chi connectivity index (χ0n) is 11.1. The first kappa shape index (κ1) is 14.8. The van der Waals surface area contributed by atoms with Crippen molar-refractivity contribution in [2.45, 2.75) is 57.9 Å². The van der Waals surface area contributed by atoms with Crippen molar-refractivity contribution in [1.82, 2.24) is 10.6 Å². The highest BCUT2D eigenvalue weighted by Crippen LogP contribution is 2.33. The molecule has 0 aromatic rings. The van der Waals surface area contributed by atoms with Gasteiger partial charge in [-0.2, -0.15) is 0 Å². The number of carbonyl (C=O) groups excluding carboxylic acids is 1. The van der Waals surface area contributed by atoms with Crippen LogP contribution in [0.2, 0.25) is 0 Å². The predicted molar refractivity (Wildman–Crippen MR) is 69.4 cm³/mol. The molecular weight excluding hydrogens is 232 g/mol. The van der Waals surface area contributed by atoms with E-state index in [0.29, 0.717) is 13.0 Å². The second-order valence-electron chi connectivity index (χ2n) is 5.02. The van der Waals surface area contributed by atoms with Crippen LogP contribution < -0.4 is 10.6 Å². The molecule has 0 bridgehead atoms. The van der Waals surface area contributed by atoms with E-state index >= 15 is 0 Å². The first-order chi connectivity index (χ1) is 8.63. The summed E-state index contributed by atoms with van der Waals surface area (Å²) in [5.74, 6) is -0.0947. The SMILES string of the molecule is CCCC[C@H](NC(=O)NCCCC1CC1)C(=O)O. The van der Waals surface area contributed by atoms with Crippen LogP contribution in [0.5, 0.6) is 0 Å². The molecule has 0 aliphatic heterocycles. The maximum atomic E-state index is 11.5. The first-order valence-electron chi connectivity index (χ1n) is 6.90. The van der Waals surface area contributed by atoms with Gasteiger partial charge in [-0.15, -0.1) is 0 Å². The van der Waals surface area contributed by atoms with Gasteiger partial charge in [-0.3, -0.25) is 0 Å². The molecule has 0 heterocycles. The number of nitrogens with one attached hydrogen (secondary N) is 2. The van der Waals surface area contributed by atoms with Gasteiger partial charge >= 0.3 is 12.0 Å². The van der Waals surface area contributed by atoms with Gasteiger partial charge in [0.25, 0.3) is 0 Å². The molecule has 2 amide bonds. The van der Waals surface area contributed by atoms with E-state index in [1.807, 2.05) is 6.92 Å². The number of carbonyl (C=O) groups is 2. The predicted octanol–water partition coefficient (Wildman–Crippen LogP) is 2.12. The Morgan fingerprint density at radius 3 is 2.61 bits per heavy atom. The summed E-state index contributed by atoms with van der Waals surface area (Å²) in [4.78, 5) is 22.4. The van der Waals surface area contributed by atoms with Gasteiger partial charge in [0, 0.05) is 6.54 Å². The number of urea groups is 1. The van der Waals surface area contributed by atoms with Crippen molar-refractivity contribution >= 4 is 12.0 Å². The third-order valence-corrected chi connectivity index (χ3v) is 3.22. The Morgan fingerprint density at radius 2 is 2.06 bits per heavy atom. The lowest BCUT2D eigenvalue weighted by Gasteiger charge is -2.14. The average Bonchev–Trinajstić information content (AvgIpc) is 3.13. The van der Waals surface area contributed by atoms with Crippen LogP contribution in [-0.4, -0.2) is 29.7 Å². The van der Waals surface area contributed by atoms with Crippen molar-refractivity contribution in [3.63, 3.8) is 0 Å². The molecule has 1 fully saturated rings. The zero-order chi connectivity index (χ0) is 13.4. The molecular formula is C13H24N2O3. The summed E-state index contributed by atoms with van der Waals surface area (Å²) in [7, 11) is 0. The number of rotatable bonds is 9. The van der Waals surface area contributed by atoms with E-state index in [9.17, 15) is 9.59 Å². The smallest absolute Gasteiger partial charge is 0.326 e. The number of amides is 2. The molecule has 1 aliphatic carbocycles. The Kier molecular flexibility index (Phi) is 6.54. The topological polar surface area (TPSA) is 78.4 Å². The molecule has 0 saturated heterocycles. The zero-order valence-corrected chi connectivity index (χ0v) is 11.1. The average molecular weight is 256 g/mol. The van der Waals surface area contributed by atoms with Gasteiger partial charge in [0.05, 0.1) is 0 Å². The lowest BCUT2D eigenvalue weighted by atomic mass is 10.1. The fourth-order valence-electron chi connectivity index (χ4n) is 1.87. The standard InChI is InChI=1S/C13H24N2O3/c1-2-3-6-11(12(16)17)15-13(18)14-9-4-5-10-7-8-10/h10-11H,2-9H2,1H3,(H,16,17)(H2,14,15,18)/t11-/m0/s1. The van der Waals surface area contributed by atoms with Gasteiger partial charge in [0.1, 0.15) is 6.04 Å². The van der Waals surface area contributed by atoms with Gasteiger partial charge in [-0.1, -0.05) is 32.6 Å². The van der Waals surface area contributed by atoms with Gasteiger partial charge in [-0.05, 0) is 25.2 Å². The number of hydrogen-bond donors (Lipinski definition) is 3. The third kappa shape index (κ3) is 6.47. The van der Waals surface area contributed by atoms with Crippen LogP contribution in [0.25, 0.3) is 0 Å². The molecule has 1 rings (SSSR count). The van der Waals surface area contributed by atoms with Crippen LogP contribution in [-0.2, 0) is 4.79 Å². The lowest BCUT2D eigenvalue weighted by molar-refractivity contribution is -0.139. The quantitative estimate of drug-likeness (QED) is 0.553. The van der Waals surface area contributed by atoms with Crippen molar-refractivity contribution in [3.05, 3.63) is 0 Å². The molecule has 0 spiro atoms. The van der Waals surface area contributed by atoms with Crippen molar-refractivity contribution in [2.24, 2.45) is 5.92 Å². The maximum Gasteiger partial charge on any atom is 0.326 e. The van der Waals surface area contributed by atoms with E-state index in [0.717, 1.165) is 25.2 Å². The van der Waals surface area contributed by atoms with Crippen LogP contribution >= 0.6 is 0 Å². The second-order valence-corrected chi connectivity index (χ2v) is 5.02. The van der Waals surface area contributed by atoms with Crippen LogP contribution in [0, 0.1) is 5.92 Å². The summed E-state index contributed by atoms with van der Waals surface area (Å²) >= 11 is 0. The molecule has 0 radical (unpaired) electrons. The Hall–Kier alpha value is -1.26. The molecule has 1 aliphatic rings. The van der Waals surface area contributed by atoms with Gasteiger partial charge < -0.3 is 15.7 Å². The van der Waals surface area contributed by atoms with E-state index < -0.39 is 12.0 Å². The molecule has 0 aromatic heterocycles. The van der Waals surface area contributed by atoms with E-state index in [1.165, 1.54) is 19.3 Å². The monoisotopic (exact) mass is 256 g/mol. The summed E-state index contributed by atoms with van der Waals surface area (Å²) in [6.07, 6.45) is 7.01. The highest BCUT2D eigenvalue weighted by Gasteiger charge is 2.21. The minimum absolute atomic E-state index is 0.366. The van der Waals surface area contributed by atoms with Crippen LogP contribution in [0.4, 0.5) is 4.79 Å². The maximum absolute atomic E-state index is 11.5. The summed E-state index contributed by atoms with van der Waals surface area (Å²) in [6.45, 7) is 2.62. The van der Waals surface area contributed by atoms with E-state index in [-0.39, 0.29) is 6.03 Å². The number of carboxylic acids is 1. The second kappa shape index (κ2) is 7.95. The molecule has 18 heavy (non-hydrogen) atoms. The fourth-order valence-corrected chi connectivity index (χ4v) is 1.87. The van der Waals surface area contributed by atoms with E-state index in [4.69, 9.17) is 5.11 Å². The minimum Gasteiger partial charge on any atom is -0.480 e. The van der Waals surface area contributed by atoms with Gasteiger partial charge in [-0.25, -0.2) is 9.59 Å². The normalized spacial score (nSPS) is 16.1. The molecule has 0 aromatic carbocycles. The number of unbranched alkanes of at least 4 members (excludes halogenated alkanes) is 1. The summed E-state index contributed by atoms with van der Waals surface area (Å²) in [5, 5.41) is 14.2. The summed E-state index contributed by atoms with van der Waals surface area (Å²) in [5.41, 5.74) is 0. The number of hydrogen-bond acceptors (Lipinski definition) is 2. The largest absolute Gasteiger partial charge is 0.480 e. The van der Waals surface area contributed by atoms with E-state index in [1.54, 1.807) is 0 Å². The van der Waals surface area contributed by atoms with Crippen LogP contribution in [0.1, 0.15) is 51.9 Å². The summed E-state index contributed by atoms with van der Waals surface area (Å²) in [6, 6.07) is -1.14. The minimum atomic E-state index is -0.961. The lowest BCUT2D eigenvalue weighted by Crippen LogP contribution is -2.46. The number of carboxylic acid groups (broad SMARTS) is 1. The molecule has 5 nitrogen and oxygen atoms in total. The Balaban J connectivity index is 2.11. The highest BCUT2D eigenvalue weighted by molar-refractivity contribution is 5.82. The number of aliphatic carboxylic acids is 1. The Labute approximate surface area is 108 Å². The van der Waals surface area contributed by atoms with Crippen LogP contribution in [0.3, 0.4) is 0 Å². The molecule has 1 atom stereocenters. The molecule has 104 valence electrons. The van der Waals surface area contributed by atoms with Crippen molar-refractivity contribution in [1.29, 1.82) is 0 Å². The Morgan fingerprint density at radius 1 is 1.33 bits per heavy atom. The van der Waals surface area contributed by atoms with Crippen molar-refractivity contribution in [2.75, 3.05) is 6.54 Å². The Bertz CT molecular complexity index is 277. The van der Waals surface area contributed by atoms with Crippen molar-refractivity contribution in [3.8, 4) is 0 Å². The summed E-state index contributed by atoms with van der Waals surface area (Å²) < 4.78 is 0. The first-order valence-corrected chi connectivity index (χ1v) is 6.90.